The third-order valence-corrected chi connectivity index (χ3v) is 5.13. The van der Waals surface area contributed by atoms with E-state index in [-0.39, 0.29) is 0 Å². The molecule has 1 heterocycles. The molecule has 23 heavy (non-hydrogen) atoms. The molecule has 0 amide bonds. The fourth-order valence-electron chi connectivity index (χ4n) is 3.08. The van der Waals surface area contributed by atoms with Gasteiger partial charge >= 0.3 is 0 Å². The lowest BCUT2D eigenvalue weighted by atomic mass is 9.85. The summed E-state index contributed by atoms with van der Waals surface area (Å²) in [7, 11) is 1.71. The van der Waals surface area contributed by atoms with Gasteiger partial charge in [-0.15, -0.1) is 0 Å². The maximum atomic E-state index is 5.09. The average molecular weight is 331 g/mol. The molecular weight excluding hydrogens is 306 g/mol. The Hall–Kier alpha value is -1.46. The van der Waals surface area contributed by atoms with Crippen molar-refractivity contribution in [2.75, 3.05) is 19.0 Å². The zero-order chi connectivity index (χ0) is 16.2. The van der Waals surface area contributed by atoms with Crippen LogP contribution in [0.25, 0.3) is 0 Å². The first-order chi connectivity index (χ1) is 11.2. The van der Waals surface area contributed by atoms with Gasteiger partial charge in [-0.1, -0.05) is 32.0 Å². The highest BCUT2D eigenvalue weighted by atomic mass is 32.1. The lowest BCUT2D eigenvalue weighted by Gasteiger charge is -2.27. The molecular formula is C18H25N3OS. The quantitative estimate of drug-likeness (QED) is 0.855. The van der Waals surface area contributed by atoms with Crippen LogP contribution in [0.5, 0.6) is 0 Å². The van der Waals surface area contributed by atoms with E-state index in [1.165, 1.54) is 41.1 Å². The molecule has 1 N–H and O–H groups in total. The molecule has 0 saturated carbocycles. The number of aryl methyl sites for hydroxylation is 1. The first kappa shape index (κ1) is 16.4. The molecule has 0 bridgehead atoms. The fourth-order valence-corrected chi connectivity index (χ4v) is 3.75. The number of hydrogen-bond donors (Lipinski definition) is 1. The molecule has 0 radical (unpaired) electrons. The monoisotopic (exact) mass is 331 g/mol. The van der Waals surface area contributed by atoms with Crippen molar-refractivity contribution in [2.45, 2.75) is 51.5 Å². The molecule has 4 nitrogen and oxygen atoms in total. The number of nitrogens with zero attached hydrogens (tertiary/aromatic N) is 2. The largest absolute Gasteiger partial charge is 0.384 e. The van der Waals surface area contributed by atoms with E-state index in [2.05, 4.69) is 46.7 Å². The summed E-state index contributed by atoms with van der Waals surface area (Å²) in [5.41, 5.74) is 4.33. The number of rotatable bonds is 6. The Labute approximate surface area is 142 Å². The highest BCUT2D eigenvalue weighted by Crippen LogP contribution is 2.34. The molecule has 3 rings (SSSR count). The number of hydrogen-bond acceptors (Lipinski definition) is 5. The molecule has 0 unspecified atom stereocenters. The lowest BCUT2D eigenvalue weighted by Crippen LogP contribution is -2.18. The van der Waals surface area contributed by atoms with Crippen LogP contribution in [0.4, 0.5) is 5.13 Å². The number of fused-ring (bicyclic) bond motifs is 1. The van der Waals surface area contributed by atoms with Crippen molar-refractivity contribution in [3.8, 4) is 0 Å². The minimum Gasteiger partial charge on any atom is -0.384 e. The molecule has 1 aromatic heterocycles. The van der Waals surface area contributed by atoms with E-state index in [1.54, 1.807) is 7.11 Å². The van der Waals surface area contributed by atoms with Gasteiger partial charge < -0.3 is 10.1 Å². The van der Waals surface area contributed by atoms with E-state index in [0.29, 0.717) is 18.6 Å². The van der Waals surface area contributed by atoms with Crippen molar-refractivity contribution in [2.24, 2.45) is 0 Å². The van der Waals surface area contributed by atoms with Crippen molar-refractivity contribution >= 4 is 16.7 Å². The second kappa shape index (κ2) is 7.41. The summed E-state index contributed by atoms with van der Waals surface area (Å²) in [6, 6.07) is 7.31. The Balaban J connectivity index is 1.77. The molecule has 124 valence electrons. The number of anilines is 1. The van der Waals surface area contributed by atoms with Gasteiger partial charge in [0.05, 0.1) is 12.6 Å². The predicted molar refractivity (Wildman–Crippen MR) is 95.3 cm³/mol. The summed E-state index contributed by atoms with van der Waals surface area (Å²) >= 11 is 1.45. The standard InChI is InChI=1S/C18H25N3OS/c1-12(2)14-8-7-13-5-4-6-16(15(13)11-14)19-18-20-17(21-23-18)9-10-22-3/h7-8,11-12,16H,4-6,9-10H2,1-3H3,(H,19,20,21)/t16-/m1/s1. The van der Waals surface area contributed by atoms with Crippen LogP contribution in [0.3, 0.4) is 0 Å². The average Bonchev–Trinajstić information content (AvgIpc) is 3.00. The van der Waals surface area contributed by atoms with Crippen LogP contribution in [0.15, 0.2) is 18.2 Å². The van der Waals surface area contributed by atoms with Crippen molar-refractivity contribution in [1.29, 1.82) is 0 Å². The van der Waals surface area contributed by atoms with Crippen LogP contribution in [-0.2, 0) is 17.6 Å². The summed E-state index contributed by atoms with van der Waals surface area (Å²) < 4.78 is 9.50. The number of ether oxygens (including phenoxy) is 1. The number of benzene rings is 1. The molecule has 1 aliphatic carbocycles. The van der Waals surface area contributed by atoms with Crippen molar-refractivity contribution in [1.82, 2.24) is 9.36 Å². The molecule has 0 fully saturated rings. The zero-order valence-electron chi connectivity index (χ0n) is 14.1. The van der Waals surface area contributed by atoms with Gasteiger partial charge in [-0.3, -0.25) is 0 Å². The number of aromatic nitrogens is 2. The molecule has 1 aliphatic rings. The molecule has 1 aromatic carbocycles. The Kier molecular flexibility index (Phi) is 5.28. The summed E-state index contributed by atoms with van der Waals surface area (Å²) in [4.78, 5) is 4.59. The van der Waals surface area contributed by atoms with Crippen molar-refractivity contribution in [3.63, 3.8) is 0 Å². The van der Waals surface area contributed by atoms with Crippen LogP contribution in [0.2, 0.25) is 0 Å². The number of methoxy groups -OCH3 is 1. The zero-order valence-corrected chi connectivity index (χ0v) is 14.9. The summed E-state index contributed by atoms with van der Waals surface area (Å²) in [6.45, 7) is 5.17. The van der Waals surface area contributed by atoms with Gasteiger partial charge in [-0.2, -0.15) is 4.37 Å². The second-order valence-corrected chi connectivity index (χ2v) is 7.21. The second-order valence-electron chi connectivity index (χ2n) is 6.46. The van der Waals surface area contributed by atoms with Gasteiger partial charge in [-0.25, -0.2) is 4.98 Å². The summed E-state index contributed by atoms with van der Waals surface area (Å²) in [5, 5.41) is 4.52. The smallest absolute Gasteiger partial charge is 0.203 e. The van der Waals surface area contributed by atoms with E-state index in [0.717, 1.165) is 23.8 Å². The SMILES string of the molecule is COCCc1nsc(N[C@@H]2CCCc3ccc(C(C)C)cc32)n1. The predicted octanol–water partition coefficient (Wildman–Crippen LogP) is 4.34. The van der Waals surface area contributed by atoms with Crippen molar-refractivity contribution < 1.29 is 4.74 Å². The van der Waals surface area contributed by atoms with E-state index < -0.39 is 0 Å². The maximum absolute atomic E-state index is 5.09. The van der Waals surface area contributed by atoms with Crippen molar-refractivity contribution in [3.05, 3.63) is 40.7 Å². The minimum absolute atomic E-state index is 0.348. The van der Waals surface area contributed by atoms with Crippen LogP contribution in [-0.4, -0.2) is 23.1 Å². The van der Waals surface area contributed by atoms with Gasteiger partial charge in [0.25, 0.3) is 0 Å². The molecule has 5 heteroatoms. The van der Waals surface area contributed by atoms with E-state index >= 15 is 0 Å². The summed E-state index contributed by atoms with van der Waals surface area (Å²) in [5.74, 6) is 1.43. The van der Waals surface area contributed by atoms with E-state index in [1.807, 2.05) is 0 Å². The molecule has 2 aromatic rings. The highest BCUT2D eigenvalue weighted by Gasteiger charge is 2.22. The van der Waals surface area contributed by atoms with Gasteiger partial charge in [-0.05, 0) is 41.9 Å². The minimum atomic E-state index is 0.348. The fraction of sp³-hybridized carbons (Fsp3) is 0.556. The normalized spacial score (nSPS) is 17.3. The van der Waals surface area contributed by atoms with Crippen LogP contribution in [0.1, 0.15) is 61.2 Å². The Morgan fingerprint density at radius 3 is 3.04 bits per heavy atom. The summed E-state index contributed by atoms with van der Waals surface area (Å²) in [6.07, 6.45) is 4.33. The highest BCUT2D eigenvalue weighted by molar-refractivity contribution is 7.09. The van der Waals surface area contributed by atoms with Gasteiger partial charge in [0.1, 0.15) is 5.82 Å². The Morgan fingerprint density at radius 1 is 1.39 bits per heavy atom. The van der Waals surface area contributed by atoms with Gasteiger partial charge in [0.15, 0.2) is 0 Å². The molecule has 0 saturated heterocycles. The van der Waals surface area contributed by atoms with Gasteiger partial charge in [0.2, 0.25) is 5.13 Å². The Bertz CT molecular complexity index is 653. The van der Waals surface area contributed by atoms with Crippen LogP contribution < -0.4 is 5.32 Å². The number of nitrogens with one attached hydrogen (secondary N) is 1. The first-order valence-electron chi connectivity index (χ1n) is 8.38. The van der Waals surface area contributed by atoms with E-state index in [4.69, 9.17) is 4.74 Å². The third kappa shape index (κ3) is 3.90. The first-order valence-corrected chi connectivity index (χ1v) is 9.15. The third-order valence-electron chi connectivity index (χ3n) is 4.45. The van der Waals surface area contributed by atoms with Crippen LogP contribution >= 0.6 is 11.5 Å². The van der Waals surface area contributed by atoms with Crippen LogP contribution in [0, 0.1) is 0 Å². The molecule has 0 spiro atoms. The Morgan fingerprint density at radius 2 is 2.26 bits per heavy atom. The molecule has 0 aliphatic heterocycles. The topological polar surface area (TPSA) is 47.0 Å². The van der Waals surface area contributed by atoms with Gasteiger partial charge in [0, 0.05) is 25.1 Å². The lowest BCUT2D eigenvalue weighted by molar-refractivity contribution is 0.201. The maximum Gasteiger partial charge on any atom is 0.203 e. The van der Waals surface area contributed by atoms with E-state index in [9.17, 15) is 0 Å². The molecule has 1 atom stereocenters.